The molecule has 4 heteroatoms. The van der Waals surface area contributed by atoms with E-state index in [9.17, 15) is 0 Å². The fraction of sp³-hybridized carbons (Fsp3) is 0.125. The van der Waals surface area contributed by atoms with Crippen molar-refractivity contribution < 1.29 is 4.74 Å². The van der Waals surface area contributed by atoms with Gasteiger partial charge in [0, 0.05) is 0 Å². The van der Waals surface area contributed by atoms with Gasteiger partial charge in [0.2, 0.25) is 0 Å². The standard InChI is InChI=1S/C16H15N3O/c1-13(14-8-4-2-5-9-14)19-16(18-12-17)20-15-10-6-3-7-11-15/h2-11,13H,1H3,(H,18,19). The number of nitriles is 1. The zero-order chi connectivity index (χ0) is 14.2. The van der Waals surface area contributed by atoms with Crippen molar-refractivity contribution in [2.24, 2.45) is 4.99 Å². The van der Waals surface area contributed by atoms with Gasteiger partial charge < -0.3 is 4.74 Å². The van der Waals surface area contributed by atoms with Gasteiger partial charge in [0.15, 0.2) is 6.19 Å². The Bertz CT molecular complexity index is 603. The first kappa shape index (κ1) is 13.6. The fourth-order valence-corrected chi connectivity index (χ4v) is 1.71. The minimum atomic E-state index is -0.101. The molecule has 4 nitrogen and oxygen atoms in total. The van der Waals surface area contributed by atoms with Crippen molar-refractivity contribution >= 4 is 6.02 Å². The van der Waals surface area contributed by atoms with E-state index in [-0.39, 0.29) is 12.1 Å². The minimum absolute atomic E-state index is 0.101. The summed E-state index contributed by atoms with van der Waals surface area (Å²) in [5, 5.41) is 11.2. The lowest BCUT2D eigenvalue weighted by molar-refractivity contribution is 0.520. The number of para-hydroxylation sites is 1. The summed E-state index contributed by atoms with van der Waals surface area (Å²) in [5.74, 6) is 0.634. The molecule has 100 valence electrons. The van der Waals surface area contributed by atoms with E-state index in [0.717, 1.165) is 5.56 Å². The van der Waals surface area contributed by atoms with Crippen molar-refractivity contribution in [3.63, 3.8) is 0 Å². The van der Waals surface area contributed by atoms with Gasteiger partial charge in [0.05, 0.1) is 6.04 Å². The Labute approximate surface area is 118 Å². The lowest BCUT2D eigenvalue weighted by Gasteiger charge is -2.11. The van der Waals surface area contributed by atoms with Crippen LogP contribution < -0.4 is 10.1 Å². The van der Waals surface area contributed by atoms with Gasteiger partial charge >= 0.3 is 6.02 Å². The van der Waals surface area contributed by atoms with Crippen LogP contribution in [0.2, 0.25) is 0 Å². The van der Waals surface area contributed by atoms with Crippen molar-refractivity contribution in [3.05, 3.63) is 66.2 Å². The van der Waals surface area contributed by atoms with Gasteiger partial charge in [0.1, 0.15) is 5.75 Å². The zero-order valence-corrected chi connectivity index (χ0v) is 11.2. The Hall–Kier alpha value is -2.80. The van der Waals surface area contributed by atoms with Crippen LogP contribution in [0.4, 0.5) is 0 Å². The molecule has 0 aliphatic heterocycles. The molecule has 0 spiro atoms. The second-order valence-corrected chi connectivity index (χ2v) is 4.17. The molecule has 0 amide bonds. The number of benzene rings is 2. The molecule has 0 bridgehead atoms. The van der Waals surface area contributed by atoms with Crippen molar-refractivity contribution in [1.82, 2.24) is 5.32 Å². The van der Waals surface area contributed by atoms with E-state index >= 15 is 0 Å². The Kier molecular flexibility index (Phi) is 4.74. The van der Waals surface area contributed by atoms with Crippen LogP contribution in [0.15, 0.2) is 65.7 Å². The molecule has 0 saturated heterocycles. The van der Waals surface area contributed by atoms with Gasteiger partial charge in [-0.3, -0.25) is 0 Å². The molecule has 1 atom stereocenters. The number of amidine groups is 1. The second-order valence-electron chi connectivity index (χ2n) is 4.17. The van der Waals surface area contributed by atoms with Gasteiger partial charge in [0.25, 0.3) is 0 Å². The van der Waals surface area contributed by atoms with E-state index in [1.54, 1.807) is 0 Å². The molecule has 2 aromatic rings. The number of hydrogen-bond acceptors (Lipinski definition) is 3. The number of rotatable bonds is 3. The topological polar surface area (TPSA) is 57.4 Å². The molecule has 1 unspecified atom stereocenters. The van der Waals surface area contributed by atoms with Crippen molar-refractivity contribution in [3.8, 4) is 11.9 Å². The second kappa shape index (κ2) is 6.95. The third kappa shape index (κ3) is 3.85. The number of nitrogens with one attached hydrogen (secondary N) is 1. The van der Waals surface area contributed by atoms with Crippen LogP contribution in [0, 0.1) is 11.5 Å². The fourth-order valence-electron chi connectivity index (χ4n) is 1.71. The van der Waals surface area contributed by atoms with Gasteiger partial charge in [-0.1, -0.05) is 48.5 Å². The average Bonchev–Trinajstić information content (AvgIpc) is 2.49. The van der Waals surface area contributed by atoms with Gasteiger partial charge in [-0.2, -0.15) is 5.26 Å². The third-order valence-electron chi connectivity index (χ3n) is 2.71. The molecular formula is C16H15N3O. The summed E-state index contributed by atoms with van der Waals surface area (Å²) in [6.07, 6.45) is 1.84. The molecule has 0 saturated carbocycles. The highest BCUT2D eigenvalue weighted by atomic mass is 16.5. The molecule has 0 fully saturated rings. The molecule has 0 aromatic heterocycles. The summed E-state index contributed by atoms with van der Waals surface area (Å²) in [6, 6.07) is 19.2. The highest BCUT2D eigenvalue weighted by Crippen LogP contribution is 2.16. The third-order valence-corrected chi connectivity index (χ3v) is 2.71. The Morgan fingerprint density at radius 3 is 2.30 bits per heavy atom. The SMILES string of the molecule is CC(N=C(NC#N)Oc1ccccc1)c1ccccc1. The van der Waals surface area contributed by atoms with Gasteiger partial charge in [-0.25, -0.2) is 10.3 Å². The van der Waals surface area contributed by atoms with Crippen LogP contribution in [0.3, 0.4) is 0 Å². The predicted octanol–water partition coefficient (Wildman–Crippen LogP) is 3.25. The van der Waals surface area contributed by atoms with Gasteiger partial charge in [-0.05, 0) is 24.6 Å². The highest BCUT2D eigenvalue weighted by molar-refractivity contribution is 5.77. The first-order valence-electron chi connectivity index (χ1n) is 6.30. The summed E-state index contributed by atoms with van der Waals surface area (Å²) in [5.41, 5.74) is 1.06. The maximum absolute atomic E-state index is 8.78. The molecule has 0 heterocycles. The number of aliphatic imine (C=N–C) groups is 1. The Morgan fingerprint density at radius 1 is 1.10 bits per heavy atom. The van der Waals surface area contributed by atoms with E-state index in [2.05, 4.69) is 10.3 Å². The summed E-state index contributed by atoms with van der Waals surface area (Å²) < 4.78 is 5.56. The van der Waals surface area contributed by atoms with E-state index in [1.165, 1.54) is 0 Å². The van der Waals surface area contributed by atoms with Crippen molar-refractivity contribution in [1.29, 1.82) is 5.26 Å². The molecule has 0 aliphatic rings. The predicted molar refractivity (Wildman–Crippen MR) is 78.1 cm³/mol. The largest absolute Gasteiger partial charge is 0.425 e. The molecule has 0 aliphatic carbocycles. The van der Waals surface area contributed by atoms with Crippen LogP contribution >= 0.6 is 0 Å². The van der Waals surface area contributed by atoms with E-state index in [1.807, 2.05) is 73.8 Å². The van der Waals surface area contributed by atoms with E-state index in [4.69, 9.17) is 10.00 Å². The number of hydrogen-bond donors (Lipinski definition) is 1. The number of ether oxygens (including phenoxy) is 1. The van der Waals surface area contributed by atoms with Crippen molar-refractivity contribution in [2.45, 2.75) is 13.0 Å². The maximum atomic E-state index is 8.78. The van der Waals surface area contributed by atoms with E-state index in [0.29, 0.717) is 5.75 Å². The summed E-state index contributed by atoms with van der Waals surface area (Å²) >= 11 is 0. The van der Waals surface area contributed by atoms with Crippen LogP contribution in [-0.4, -0.2) is 6.02 Å². The molecule has 2 aromatic carbocycles. The molecule has 2 rings (SSSR count). The summed E-state index contributed by atoms with van der Waals surface area (Å²) in [4.78, 5) is 4.39. The van der Waals surface area contributed by atoms with Crippen molar-refractivity contribution in [2.75, 3.05) is 0 Å². The lowest BCUT2D eigenvalue weighted by Crippen LogP contribution is -2.25. The molecule has 20 heavy (non-hydrogen) atoms. The smallest absolute Gasteiger partial charge is 0.304 e. The first-order valence-corrected chi connectivity index (χ1v) is 6.30. The average molecular weight is 265 g/mol. The monoisotopic (exact) mass is 265 g/mol. The minimum Gasteiger partial charge on any atom is -0.425 e. The summed E-state index contributed by atoms with van der Waals surface area (Å²) in [7, 11) is 0. The molecule has 1 N–H and O–H groups in total. The number of nitrogens with zero attached hydrogens (tertiary/aromatic N) is 2. The van der Waals surface area contributed by atoms with Crippen LogP contribution in [0.5, 0.6) is 5.75 Å². The highest BCUT2D eigenvalue weighted by Gasteiger charge is 2.07. The zero-order valence-electron chi connectivity index (χ0n) is 11.2. The Balaban J connectivity index is 2.16. The van der Waals surface area contributed by atoms with Gasteiger partial charge in [-0.15, -0.1) is 0 Å². The van der Waals surface area contributed by atoms with Crippen LogP contribution in [0.25, 0.3) is 0 Å². The van der Waals surface area contributed by atoms with Crippen LogP contribution in [0.1, 0.15) is 18.5 Å². The first-order chi connectivity index (χ1) is 9.79. The lowest BCUT2D eigenvalue weighted by atomic mass is 10.1. The normalized spacial score (nSPS) is 12.3. The Morgan fingerprint density at radius 2 is 1.70 bits per heavy atom. The summed E-state index contributed by atoms with van der Waals surface area (Å²) in [6.45, 7) is 1.95. The molecular weight excluding hydrogens is 250 g/mol. The molecule has 0 radical (unpaired) electrons. The quantitative estimate of drug-likeness (QED) is 0.401. The van der Waals surface area contributed by atoms with Crippen LogP contribution in [-0.2, 0) is 0 Å². The maximum Gasteiger partial charge on any atom is 0.304 e. The van der Waals surface area contributed by atoms with E-state index < -0.39 is 0 Å².